The van der Waals surface area contributed by atoms with Crippen LogP contribution in [0.5, 0.6) is 0 Å². The molecule has 3 heterocycles. The molecular weight excluding hydrogens is 390 g/mol. The van der Waals surface area contributed by atoms with Crippen LogP contribution in [-0.2, 0) is 25.5 Å². The molecule has 0 radical (unpaired) electrons. The van der Waals surface area contributed by atoms with Crippen LogP contribution in [0.2, 0.25) is 0 Å². The van der Waals surface area contributed by atoms with E-state index in [-0.39, 0.29) is 11.5 Å². The molecule has 10 heteroatoms. The lowest BCUT2D eigenvalue weighted by Gasteiger charge is -2.06. The maximum atomic E-state index is 12.6. The zero-order chi connectivity index (χ0) is 21.2. The van der Waals surface area contributed by atoms with Crippen molar-refractivity contribution in [1.29, 1.82) is 0 Å². The van der Waals surface area contributed by atoms with E-state index in [4.69, 9.17) is 18.9 Å². The summed E-state index contributed by atoms with van der Waals surface area (Å²) in [5.41, 5.74) is 2.51. The summed E-state index contributed by atoms with van der Waals surface area (Å²) >= 11 is 0. The number of rotatable bonds is 14. The van der Waals surface area contributed by atoms with E-state index in [0.717, 1.165) is 16.7 Å². The van der Waals surface area contributed by atoms with Gasteiger partial charge in [0.05, 0.1) is 59.0 Å². The molecule has 0 aliphatic carbocycles. The number of fused-ring (bicyclic) bond motifs is 1. The van der Waals surface area contributed by atoms with Gasteiger partial charge in [-0.25, -0.2) is 9.67 Å². The molecule has 0 aromatic carbocycles. The third-order valence-electron chi connectivity index (χ3n) is 4.28. The quantitative estimate of drug-likeness (QED) is 0.309. The summed E-state index contributed by atoms with van der Waals surface area (Å²) in [6.45, 7) is 6.05. The molecule has 162 valence electrons. The summed E-state index contributed by atoms with van der Waals surface area (Å²) in [4.78, 5) is 20.1. The molecule has 0 aliphatic rings. The Morgan fingerprint density at radius 2 is 1.73 bits per heavy atom. The first-order valence-corrected chi connectivity index (χ1v) is 9.79. The van der Waals surface area contributed by atoms with E-state index in [0.29, 0.717) is 58.4 Å². The fourth-order valence-corrected chi connectivity index (χ4v) is 2.78. The highest BCUT2D eigenvalue weighted by Crippen LogP contribution is 2.16. The Morgan fingerprint density at radius 3 is 2.47 bits per heavy atom. The number of nitrogens with one attached hydrogen (secondary N) is 1. The summed E-state index contributed by atoms with van der Waals surface area (Å²) in [5, 5.41) is 8.86. The number of aryl methyl sites for hydroxylation is 1. The third kappa shape index (κ3) is 6.42. The van der Waals surface area contributed by atoms with Crippen LogP contribution < -0.4 is 0 Å². The molecule has 1 N–H and O–H groups in total. The maximum absolute atomic E-state index is 12.6. The van der Waals surface area contributed by atoms with Crippen LogP contribution in [0, 0.1) is 6.92 Å². The van der Waals surface area contributed by atoms with Gasteiger partial charge in [-0.15, -0.1) is 5.10 Å². The Bertz CT molecular complexity index is 939. The Kier molecular flexibility index (Phi) is 8.45. The van der Waals surface area contributed by atoms with Crippen molar-refractivity contribution in [3.63, 3.8) is 0 Å². The smallest absolute Gasteiger partial charge is 0.216 e. The number of carbonyl (C=O) groups is 1. The van der Waals surface area contributed by atoms with Crippen molar-refractivity contribution in [2.45, 2.75) is 13.5 Å². The van der Waals surface area contributed by atoms with Gasteiger partial charge in [-0.2, -0.15) is 0 Å². The number of ether oxygens (including phenoxy) is 4. The molecule has 0 amide bonds. The number of carbonyl (C=O) groups excluding carboxylic acids is 1. The van der Waals surface area contributed by atoms with E-state index in [9.17, 15) is 4.79 Å². The molecule has 0 fully saturated rings. The molecule has 10 nitrogen and oxygen atoms in total. The van der Waals surface area contributed by atoms with E-state index in [2.05, 4.69) is 20.3 Å². The van der Waals surface area contributed by atoms with E-state index in [1.165, 1.54) is 0 Å². The van der Waals surface area contributed by atoms with E-state index in [1.807, 2.05) is 13.0 Å². The number of ketones is 1. The van der Waals surface area contributed by atoms with Crippen LogP contribution in [0.25, 0.3) is 11.0 Å². The normalized spacial score (nSPS) is 11.4. The standard InChI is InChI=1S/C20H27N5O5/c1-15-11-16-12-17(13-21-20(16)22-15)19(26)18-14-25(24-23-18)3-4-28-7-8-30-10-9-29-6-5-27-2/h11-14H,3-10H2,1-2H3,(H,21,22). The summed E-state index contributed by atoms with van der Waals surface area (Å²) < 4.78 is 22.7. The summed E-state index contributed by atoms with van der Waals surface area (Å²) in [6, 6.07) is 3.75. The summed E-state index contributed by atoms with van der Waals surface area (Å²) in [5.74, 6) is -0.212. The number of H-pyrrole nitrogens is 1. The van der Waals surface area contributed by atoms with Crippen LogP contribution in [0.15, 0.2) is 24.5 Å². The predicted octanol–water partition coefficient (Wildman–Crippen LogP) is 1.39. The highest BCUT2D eigenvalue weighted by molar-refractivity contribution is 6.08. The lowest BCUT2D eigenvalue weighted by atomic mass is 10.1. The molecule has 0 aliphatic heterocycles. The predicted molar refractivity (Wildman–Crippen MR) is 109 cm³/mol. The minimum atomic E-state index is -0.212. The second-order valence-electron chi connectivity index (χ2n) is 6.64. The zero-order valence-corrected chi connectivity index (χ0v) is 17.3. The SMILES string of the molecule is COCCOCCOCCOCCn1cc(C(=O)c2cnc3[nH]c(C)cc3c2)nn1. The molecule has 0 spiro atoms. The molecule has 3 aromatic rings. The van der Waals surface area contributed by atoms with Gasteiger partial charge in [0.2, 0.25) is 5.78 Å². The van der Waals surface area contributed by atoms with Crippen molar-refractivity contribution in [3.8, 4) is 0 Å². The van der Waals surface area contributed by atoms with Crippen LogP contribution in [0.4, 0.5) is 0 Å². The molecule has 30 heavy (non-hydrogen) atoms. The first-order chi connectivity index (χ1) is 14.7. The number of nitrogens with zero attached hydrogens (tertiary/aromatic N) is 4. The monoisotopic (exact) mass is 417 g/mol. The fraction of sp³-hybridized carbons (Fsp3) is 0.500. The Hall–Kier alpha value is -2.66. The van der Waals surface area contributed by atoms with Gasteiger partial charge in [-0.3, -0.25) is 4.79 Å². The van der Waals surface area contributed by atoms with Crippen molar-refractivity contribution < 1.29 is 23.7 Å². The van der Waals surface area contributed by atoms with E-state index in [1.54, 1.807) is 30.3 Å². The van der Waals surface area contributed by atoms with Gasteiger partial charge in [0.15, 0.2) is 5.69 Å². The Labute approximate surface area is 174 Å². The van der Waals surface area contributed by atoms with Crippen molar-refractivity contribution >= 4 is 16.8 Å². The second-order valence-corrected chi connectivity index (χ2v) is 6.64. The van der Waals surface area contributed by atoms with Gasteiger partial charge < -0.3 is 23.9 Å². The second kappa shape index (κ2) is 11.5. The van der Waals surface area contributed by atoms with Gasteiger partial charge in [-0.1, -0.05) is 5.21 Å². The lowest BCUT2D eigenvalue weighted by molar-refractivity contribution is 0.00244. The Balaban J connectivity index is 1.35. The number of hydrogen-bond acceptors (Lipinski definition) is 8. The highest BCUT2D eigenvalue weighted by Gasteiger charge is 2.15. The molecule has 0 unspecified atom stereocenters. The molecule has 3 rings (SSSR count). The Morgan fingerprint density at radius 1 is 1.03 bits per heavy atom. The number of methoxy groups -OCH3 is 1. The van der Waals surface area contributed by atoms with Crippen molar-refractivity contribution in [2.24, 2.45) is 0 Å². The van der Waals surface area contributed by atoms with Gasteiger partial charge in [0.1, 0.15) is 5.65 Å². The minimum Gasteiger partial charge on any atom is -0.382 e. The molecule has 3 aromatic heterocycles. The number of hydrogen-bond donors (Lipinski definition) is 1. The number of pyridine rings is 1. The lowest BCUT2D eigenvalue weighted by Crippen LogP contribution is -2.13. The highest BCUT2D eigenvalue weighted by atomic mass is 16.6. The van der Waals surface area contributed by atoms with Crippen molar-refractivity contribution in [3.05, 3.63) is 41.5 Å². The van der Waals surface area contributed by atoms with Crippen LogP contribution in [0.1, 0.15) is 21.7 Å². The van der Waals surface area contributed by atoms with Crippen LogP contribution in [0.3, 0.4) is 0 Å². The van der Waals surface area contributed by atoms with Crippen molar-refractivity contribution in [1.82, 2.24) is 25.0 Å². The minimum absolute atomic E-state index is 0.212. The third-order valence-corrected chi connectivity index (χ3v) is 4.28. The number of aromatic nitrogens is 5. The molecule has 0 saturated heterocycles. The number of aromatic amines is 1. The molecule has 0 bridgehead atoms. The molecule has 0 atom stereocenters. The maximum Gasteiger partial charge on any atom is 0.216 e. The van der Waals surface area contributed by atoms with Gasteiger partial charge >= 0.3 is 0 Å². The average Bonchev–Trinajstić information content (AvgIpc) is 3.36. The zero-order valence-electron chi connectivity index (χ0n) is 17.3. The van der Waals surface area contributed by atoms with Gasteiger partial charge in [0, 0.05) is 30.0 Å². The van der Waals surface area contributed by atoms with Crippen LogP contribution >= 0.6 is 0 Å². The van der Waals surface area contributed by atoms with Crippen LogP contribution in [-0.4, -0.2) is 84.1 Å². The first kappa shape index (κ1) is 22.0. The van der Waals surface area contributed by atoms with Crippen molar-refractivity contribution in [2.75, 3.05) is 53.4 Å². The average molecular weight is 417 g/mol. The summed E-state index contributed by atoms with van der Waals surface area (Å²) in [7, 11) is 1.64. The van der Waals surface area contributed by atoms with Gasteiger partial charge in [-0.05, 0) is 19.1 Å². The fourth-order valence-electron chi connectivity index (χ4n) is 2.78. The van der Waals surface area contributed by atoms with Gasteiger partial charge in [0.25, 0.3) is 0 Å². The summed E-state index contributed by atoms with van der Waals surface area (Å²) in [6.07, 6.45) is 3.16. The van der Waals surface area contributed by atoms with E-state index < -0.39 is 0 Å². The first-order valence-electron chi connectivity index (χ1n) is 9.79. The van der Waals surface area contributed by atoms with E-state index >= 15 is 0 Å². The topological polar surface area (TPSA) is 113 Å². The molecule has 0 saturated carbocycles. The largest absolute Gasteiger partial charge is 0.382 e. The molecular formula is C20H27N5O5.